The third-order valence-electron chi connectivity index (χ3n) is 2.22. The van der Waals surface area contributed by atoms with Gasteiger partial charge < -0.3 is 5.32 Å². The molecule has 2 heterocycles. The third-order valence-corrected chi connectivity index (χ3v) is 4.02. The van der Waals surface area contributed by atoms with E-state index in [0.717, 1.165) is 16.7 Å². The lowest BCUT2D eigenvalue weighted by atomic mass is 10.1. The van der Waals surface area contributed by atoms with Crippen molar-refractivity contribution in [2.45, 2.75) is 12.5 Å². The van der Waals surface area contributed by atoms with Crippen LogP contribution in [-0.4, -0.2) is 27.3 Å². The number of nitrogens with zero attached hydrogens (tertiary/aromatic N) is 4. The molecule has 0 saturated heterocycles. The van der Waals surface area contributed by atoms with Crippen LogP contribution < -0.4 is 5.32 Å². The topological polar surface area (TPSA) is 55.6 Å². The SMILES string of the molecule is CNC(Cc1nnn(C)n1)c1cc(Br)cs1. The molecule has 0 radical (unpaired) electrons. The second kappa shape index (κ2) is 5.03. The Hall–Kier alpha value is -0.790. The van der Waals surface area contributed by atoms with E-state index in [9.17, 15) is 0 Å². The monoisotopic (exact) mass is 301 g/mol. The maximum atomic E-state index is 4.18. The number of aryl methyl sites for hydroxylation is 1. The van der Waals surface area contributed by atoms with Gasteiger partial charge in [0.1, 0.15) is 0 Å². The normalized spacial score (nSPS) is 12.9. The lowest BCUT2D eigenvalue weighted by Gasteiger charge is -2.11. The predicted octanol–water partition coefficient (Wildman–Crippen LogP) is 1.54. The number of hydrogen-bond acceptors (Lipinski definition) is 5. The Bertz CT molecular complexity index is 466. The molecular weight excluding hydrogens is 290 g/mol. The van der Waals surface area contributed by atoms with Crippen molar-refractivity contribution in [2.75, 3.05) is 7.05 Å². The summed E-state index contributed by atoms with van der Waals surface area (Å²) < 4.78 is 1.11. The molecule has 86 valence electrons. The Morgan fingerprint density at radius 1 is 1.62 bits per heavy atom. The quantitative estimate of drug-likeness (QED) is 0.931. The predicted molar refractivity (Wildman–Crippen MR) is 66.3 cm³/mol. The summed E-state index contributed by atoms with van der Waals surface area (Å²) in [6.45, 7) is 0. The second-order valence-electron chi connectivity index (χ2n) is 3.41. The molecule has 0 fully saturated rings. The molecule has 2 aromatic heterocycles. The van der Waals surface area contributed by atoms with Crippen LogP contribution in [0, 0.1) is 0 Å². The largest absolute Gasteiger partial charge is 0.312 e. The molecule has 7 heteroatoms. The molecule has 5 nitrogen and oxygen atoms in total. The molecule has 2 aromatic rings. The second-order valence-corrected chi connectivity index (χ2v) is 5.27. The van der Waals surface area contributed by atoms with E-state index >= 15 is 0 Å². The lowest BCUT2D eigenvalue weighted by Crippen LogP contribution is -2.18. The van der Waals surface area contributed by atoms with Crippen LogP contribution >= 0.6 is 27.3 Å². The van der Waals surface area contributed by atoms with Gasteiger partial charge in [0.25, 0.3) is 0 Å². The highest BCUT2D eigenvalue weighted by molar-refractivity contribution is 9.10. The van der Waals surface area contributed by atoms with E-state index in [2.05, 4.69) is 48.1 Å². The van der Waals surface area contributed by atoms with Gasteiger partial charge in [-0.05, 0) is 34.3 Å². The van der Waals surface area contributed by atoms with Crippen LogP contribution in [0.4, 0.5) is 0 Å². The highest BCUT2D eigenvalue weighted by atomic mass is 79.9. The first kappa shape index (κ1) is 11.7. The summed E-state index contributed by atoms with van der Waals surface area (Å²) >= 11 is 5.17. The maximum absolute atomic E-state index is 4.18. The van der Waals surface area contributed by atoms with Gasteiger partial charge in [-0.2, -0.15) is 4.80 Å². The number of tetrazole rings is 1. The zero-order chi connectivity index (χ0) is 11.5. The number of likely N-dealkylation sites (N-methyl/N-ethyl adjacent to an activating group) is 1. The molecule has 0 spiro atoms. The number of rotatable bonds is 4. The first-order valence-electron chi connectivity index (χ1n) is 4.83. The average Bonchev–Trinajstić information content (AvgIpc) is 2.84. The van der Waals surface area contributed by atoms with E-state index < -0.39 is 0 Å². The Kier molecular flexibility index (Phi) is 3.67. The van der Waals surface area contributed by atoms with Crippen LogP contribution in [0.2, 0.25) is 0 Å². The van der Waals surface area contributed by atoms with Crippen LogP contribution in [0.25, 0.3) is 0 Å². The zero-order valence-electron chi connectivity index (χ0n) is 9.01. The van der Waals surface area contributed by atoms with Gasteiger partial charge in [-0.25, -0.2) is 0 Å². The van der Waals surface area contributed by atoms with Gasteiger partial charge in [0.05, 0.1) is 7.05 Å². The molecular formula is C9H12BrN5S. The number of hydrogen-bond donors (Lipinski definition) is 1. The number of thiophene rings is 1. The van der Waals surface area contributed by atoms with Gasteiger partial charge in [0.2, 0.25) is 0 Å². The van der Waals surface area contributed by atoms with Crippen LogP contribution in [0.1, 0.15) is 16.7 Å². The smallest absolute Gasteiger partial charge is 0.176 e. The molecule has 16 heavy (non-hydrogen) atoms. The van der Waals surface area contributed by atoms with E-state index in [1.54, 1.807) is 18.4 Å². The summed E-state index contributed by atoms with van der Waals surface area (Å²) in [5, 5.41) is 17.3. The third kappa shape index (κ3) is 2.66. The van der Waals surface area contributed by atoms with Gasteiger partial charge in [-0.15, -0.1) is 21.5 Å². The molecule has 2 rings (SSSR count). The fraction of sp³-hybridized carbons (Fsp3) is 0.444. The van der Waals surface area contributed by atoms with Crippen molar-refractivity contribution in [3.8, 4) is 0 Å². The lowest BCUT2D eigenvalue weighted by molar-refractivity contribution is 0.578. The van der Waals surface area contributed by atoms with E-state index in [1.807, 2.05) is 7.05 Å². The molecule has 0 aliphatic carbocycles. The average molecular weight is 302 g/mol. The molecule has 1 N–H and O–H groups in total. The summed E-state index contributed by atoms with van der Waals surface area (Å²) in [5.41, 5.74) is 0. The van der Waals surface area contributed by atoms with Crippen molar-refractivity contribution in [1.82, 2.24) is 25.5 Å². The Morgan fingerprint density at radius 2 is 2.44 bits per heavy atom. The first-order valence-corrected chi connectivity index (χ1v) is 6.50. The highest BCUT2D eigenvalue weighted by Crippen LogP contribution is 2.26. The minimum absolute atomic E-state index is 0.237. The van der Waals surface area contributed by atoms with Gasteiger partial charge >= 0.3 is 0 Å². The molecule has 0 aromatic carbocycles. The Labute approximate surface area is 106 Å². The van der Waals surface area contributed by atoms with Gasteiger partial charge in [-0.1, -0.05) is 0 Å². The molecule has 1 atom stereocenters. The van der Waals surface area contributed by atoms with E-state index in [0.29, 0.717) is 0 Å². The molecule has 1 unspecified atom stereocenters. The standard InChI is InChI=1S/C9H12BrN5S/c1-11-7(8-3-6(10)5-16-8)4-9-12-14-15(2)13-9/h3,5,7,11H,4H2,1-2H3. The fourth-order valence-electron chi connectivity index (χ4n) is 1.44. The molecule has 0 aliphatic heterocycles. The number of halogens is 1. The van der Waals surface area contributed by atoms with E-state index in [1.165, 1.54) is 9.67 Å². The molecule has 0 saturated carbocycles. The Morgan fingerprint density at radius 3 is 2.94 bits per heavy atom. The van der Waals surface area contributed by atoms with Gasteiger partial charge in [0.15, 0.2) is 5.82 Å². The minimum atomic E-state index is 0.237. The van der Waals surface area contributed by atoms with Crippen molar-refractivity contribution >= 4 is 27.3 Å². The minimum Gasteiger partial charge on any atom is -0.312 e. The summed E-state index contributed by atoms with van der Waals surface area (Å²) in [6, 6.07) is 2.35. The summed E-state index contributed by atoms with van der Waals surface area (Å²) in [4.78, 5) is 2.74. The summed E-state index contributed by atoms with van der Waals surface area (Å²) in [7, 11) is 3.71. The van der Waals surface area contributed by atoms with Crippen LogP contribution in [0.15, 0.2) is 15.9 Å². The first-order chi connectivity index (χ1) is 7.69. The van der Waals surface area contributed by atoms with Crippen LogP contribution in [-0.2, 0) is 13.5 Å². The van der Waals surface area contributed by atoms with Crippen molar-refractivity contribution in [3.05, 3.63) is 26.6 Å². The summed E-state index contributed by atoms with van der Waals surface area (Å²) in [6.07, 6.45) is 0.747. The maximum Gasteiger partial charge on any atom is 0.176 e. The van der Waals surface area contributed by atoms with Gasteiger partial charge in [0, 0.05) is 27.2 Å². The van der Waals surface area contributed by atoms with Crippen LogP contribution in [0.3, 0.4) is 0 Å². The molecule has 0 amide bonds. The molecule has 0 bridgehead atoms. The van der Waals surface area contributed by atoms with Crippen molar-refractivity contribution in [1.29, 1.82) is 0 Å². The van der Waals surface area contributed by atoms with E-state index in [-0.39, 0.29) is 6.04 Å². The highest BCUT2D eigenvalue weighted by Gasteiger charge is 2.15. The number of aromatic nitrogens is 4. The fourth-order valence-corrected chi connectivity index (χ4v) is 3.00. The Balaban J connectivity index is 2.12. The van der Waals surface area contributed by atoms with Crippen molar-refractivity contribution < 1.29 is 0 Å². The summed E-state index contributed by atoms with van der Waals surface area (Å²) in [5.74, 6) is 0.756. The van der Waals surface area contributed by atoms with Crippen LogP contribution in [0.5, 0.6) is 0 Å². The zero-order valence-corrected chi connectivity index (χ0v) is 11.4. The van der Waals surface area contributed by atoms with Crippen molar-refractivity contribution in [3.63, 3.8) is 0 Å². The molecule has 0 aliphatic rings. The van der Waals surface area contributed by atoms with E-state index in [4.69, 9.17) is 0 Å². The van der Waals surface area contributed by atoms with Gasteiger partial charge in [-0.3, -0.25) is 0 Å². The van der Waals surface area contributed by atoms with Crippen molar-refractivity contribution in [2.24, 2.45) is 7.05 Å². The number of nitrogens with one attached hydrogen (secondary N) is 1.